The van der Waals surface area contributed by atoms with E-state index in [0.29, 0.717) is 0 Å². The molecule has 0 amide bonds. The maximum atomic E-state index is 2.28. The van der Waals surface area contributed by atoms with Gasteiger partial charge in [-0.1, -0.05) is 364 Å². The van der Waals surface area contributed by atoms with Crippen molar-refractivity contribution < 1.29 is 0 Å². The third-order valence-corrected chi connectivity index (χ3v) is 17.8. The van der Waals surface area contributed by atoms with Crippen LogP contribution in [0.25, 0.3) is 81.0 Å². The second-order valence-corrected chi connectivity index (χ2v) is 24.5. The van der Waals surface area contributed by atoms with Gasteiger partial charge < -0.3 is 9.80 Å². The van der Waals surface area contributed by atoms with Crippen molar-refractivity contribution in [2.45, 2.75) is 0 Å². The minimum atomic E-state index is 1.12. The largest absolute Gasteiger partial charge is 0.311 e. The van der Waals surface area contributed by atoms with E-state index in [-0.39, 0.29) is 0 Å². The zero-order valence-corrected chi connectivity index (χ0v) is 55.6. The first-order chi connectivity index (χ1) is 49.6. The standard InChI is InChI=1S/C52H40N2.C46H34/c1-5-13-47(14-6-1)53(48-15-7-2-8-16-48)51-37-29-43(30-38-51)23-21-41-25-33-45(34-26-41)46-35-27-42(28-36-46)22-24-44-31-39-52(40-32-44)54(49-17-9-3-10-18-49)50-19-11-4-12-20-50;1-5-13-41(14-6-1)45(42-15-7-2-8-16-42)33-35-21-25-37(26-22-35)39-29-31-40(32-30-39)38-27-23-36(24-28-38)34-46(43-17-9-3-10-18-43)44-19-11-4-12-20-44/h1-40H;1-34H. The van der Waals surface area contributed by atoms with Crippen LogP contribution in [0.3, 0.4) is 0 Å². The van der Waals surface area contributed by atoms with Gasteiger partial charge in [0.25, 0.3) is 0 Å². The van der Waals surface area contributed by atoms with E-state index in [1.54, 1.807) is 0 Å². The average Bonchev–Trinajstić information content (AvgIpc) is 0.834. The molecule has 2 nitrogen and oxygen atoms in total. The van der Waals surface area contributed by atoms with Crippen LogP contribution in [-0.2, 0) is 0 Å². The van der Waals surface area contributed by atoms with Gasteiger partial charge in [-0.15, -0.1) is 0 Å². The molecule has 0 fully saturated rings. The smallest absolute Gasteiger partial charge is 0.0462 e. The molecule has 0 aromatic heterocycles. The molecule has 0 aliphatic rings. The van der Waals surface area contributed by atoms with E-state index < -0.39 is 0 Å². The predicted octanol–water partition coefficient (Wildman–Crippen LogP) is 26.8. The van der Waals surface area contributed by atoms with Crippen LogP contribution in [0.1, 0.15) is 55.6 Å². The molecule has 0 aliphatic heterocycles. The zero-order chi connectivity index (χ0) is 67.3. The van der Waals surface area contributed by atoms with Gasteiger partial charge in [-0.25, -0.2) is 0 Å². The third kappa shape index (κ3) is 16.4. The summed E-state index contributed by atoms with van der Waals surface area (Å²) in [7, 11) is 0. The molecule has 15 aromatic carbocycles. The SMILES string of the molecule is C(=C(c1ccccc1)c1ccccc1)c1ccc(-c2ccc(-c3ccc(C=C(c4ccccc4)c4ccccc4)cc3)cc2)cc1.C(=Cc1ccc(N(c2ccccc2)c2ccccc2)cc1)c1ccc(-c2ccc(C=Cc3ccc(N(c4ccccc4)c4ccccc4)cc3)cc2)cc1. The number of anilines is 6. The highest BCUT2D eigenvalue weighted by atomic mass is 15.1. The third-order valence-electron chi connectivity index (χ3n) is 17.8. The number of hydrogen-bond acceptors (Lipinski definition) is 2. The molecule has 0 spiro atoms. The molecule has 0 aliphatic carbocycles. The molecule has 0 saturated heterocycles. The summed E-state index contributed by atoms with van der Waals surface area (Å²) >= 11 is 0. The number of hydrogen-bond donors (Lipinski definition) is 0. The molecule has 15 aromatic rings. The van der Waals surface area contributed by atoms with Crippen LogP contribution in [0.15, 0.2) is 413 Å². The molecule has 0 saturated carbocycles. The van der Waals surface area contributed by atoms with Crippen molar-refractivity contribution in [3.8, 4) is 33.4 Å². The molecule has 15 rings (SSSR count). The van der Waals surface area contributed by atoms with Gasteiger partial charge >= 0.3 is 0 Å². The number of rotatable bonds is 19. The van der Waals surface area contributed by atoms with Crippen molar-refractivity contribution in [1.82, 2.24) is 0 Å². The Hall–Kier alpha value is -13.1. The van der Waals surface area contributed by atoms with Crippen molar-refractivity contribution >= 4 is 81.7 Å². The Kier molecular flexibility index (Phi) is 20.6. The van der Waals surface area contributed by atoms with Gasteiger partial charge in [-0.3, -0.25) is 0 Å². The van der Waals surface area contributed by atoms with Crippen LogP contribution in [0.4, 0.5) is 34.1 Å². The van der Waals surface area contributed by atoms with E-state index in [0.717, 1.165) is 45.3 Å². The minimum Gasteiger partial charge on any atom is -0.311 e. The molecule has 0 N–H and O–H groups in total. The number of benzene rings is 15. The summed E-state index contributed by atoms with van der Waals surface area (Å²) in [5.74, 6) is 0. The Morgan fingerprint density at radius 2 is 0.310 bits per heavy atom. The predicted molar refractivity (Wildman–Crippen MR) is 429 cm³/mol. The maximum absolute atomic E-state index is 2.28. The van der Waals surface area contributed by atoms with E-state index >= 15 is 0 Å². The molecular formula is C98H74N2. The van der Waals surface area contributed by atoms with Crippen LogP contribution in [-0.4, -0.2) is 0 Å². The molecule has 0 bridgehead atoms. The van der Waals surface area contributed by atoms with Crippen LogP contribution in [0.2, 0.25) is 0 Å². The molecule has 2 heteroatoms. The van der Waals surface area contributed by atoms with Gasteiger partial charge in [-0.05, 0) is 185 Å². The minimum absolute atomic E-state index is 1.12. The molecule has 476 valence electrons. The van der Waals surface area contributed by atoms with Gasteiger partial charge in [0.15, 0.2) is 0 Å². The molecule has 0 heterocycles. The van der Waals surface area contributed by atoms with Gasteiger partial charge in [0.05, 0.1) is 0 Å². The summed E-state index contributed by atoms with van der Waals surface area (Å²) in [6.45, 7) is 0. The first-order valence-electron chi connectivity index (χ1n) is 34.1. The fraction of sp³-hybridized carbons (Fsp3) is 0. The second-order valence-electron chi connectivity index (χ2n) is 24.5. The monoisotopic (exact) mass is 1280 g/mol. The fourth-order valence-electron chi connectivity index (χ4n) is 12.5. The van der Waals surface area contributed by atoms with Gasteiger partial charge in [0, 0.05) is 34.1 Å². The van der Waals surface area contributed by atoms with Crippen molar-refractivity contribution in [2.75, 3.05) is 9.80 Å². The first kappa shape index (κ1) is 64.2. The van der Waals surface area contributed by atoms with E-state index in [1.165, 1.54) is 89.0 Å². The van der Waals surface area contributed by atoms with Crippen LogP contribution in [0, 0.1) is 0 Å². The average molecular weight is 1280 g/mol. The highest BCUT2D eigenvalue weighted by Crippen LogP contribution is 2.37. The molecule has 0 radical (unpaired) electrons. The molecule has 0 atom stereocenters. The highest BCUT2D eigenvalue weighted by molar-refractivity contribution is 5.93. The summed E-state index contributed by atoms with van der Waals surface area (Å²) < 4.78 is 0. The molecule has 100 heavy (non-hydrogen) atoms. The Labute approximate surface area is 589 Å². The van der Waals surface area contributed by atoms with Crippen molar-refractivity contribution in [2.24, 2.45) is 0 Å². The van der Waals surface area contributed by atoms with Crippen molar-refractivity contribution in [3.63, 3.8) is 0 Å². The van der Waals surface area contributed by atoms with Crippen molar-refractivity contribution in [3.05, 3.63) is 468 Å². The lowest BCUT2D eigenvalue weighted by Crippen LogP contribution is -2.09. The van der Waals surface area contributed by atoms with Crippen molar-refractivity contribution in [1.29, 1.82) is 0 Å². The Bertz CT molecular complexity index is 4640. The van der Waals surface area contributed by atoms with Gasteiger partial charge in [-0.2, -0.15) is 0 Å². The highest BCUT2D eigenvalue weighted by Gasteiger charge is 2.14. The summed E-state index contributed by atoms with van der Waals surface area (Å²) in [4.78, 5) is 4.56. The summed E-state index contributed by atoms with van der Waals surface area (Å²) in [5.41, 5.74) is 28.3. The maximum Gasteiger partial charge on any atom is 0.0462 e. The fourth-order valence-corrected chi connectivity index (χ4v) is 12.5. The lowest BCUT2D eigenvalue weighted by Gasteiger charge is -2.25. The summed E-state index contributed by atoms with van der Waals surface area (Å²) in [5, 5.41) is 0. The first-order valence-corrected chi connectivity index (χ1v) is 34.1. The van der Waals surface area contributed by atoms with Crippen LogP contribution < -0.4 is 9.80 Å². The van der Waals surface area contributed by atoms with Crippen LogP contribution in [0.5, 0.6) is 0 Å². The second kappa shape index (κ2) is 32.1. The Balaban J connectivity index is 0.000000172. The van der Waals surface area contributed by atoms with E-state index in [4.69, 9.17) is 0 Å². The Morgan fingerprint density at radius 3 is 0.520 bits per heavy atom. The molecule has 0 unspecified atom stereocenters. The summed E-state index contributed by atoms with van der Waals surface area (Å²) in [6, 6.07) is 146. The van der Waals surface area contributed by atoms with Gasteiger partial charge in [0.2, 0.25) is 0 Å². The topological polar surface area (TPSA) is 6.48 Å². The van der Waals surface area contributed by atoms with E-state index in [9.17, 15) is 0 Å². The number of para-hydroxylation sites is 4. The Morgan fingerprint density at radius 1 is 0.150 bits per heavy atom. The number of nitrogens with zero attached hydrogens (tertiary/aromatic N) is 2. The van der Waals surface area contributed by atoms with E-state index in [1.807, 2.05) is 0 Å². The summed E-state index contributed by atoms with van der Waals surface area (Å²) in [6.07, 6.45) is 13.2. The van der Waals surface area contributed by atoms with Crippen LogP contribution >= 0.6 is 0 Å². The molecular weight excluding hydrogens is 1210 g/mol. The lowest BCUT2D eigenvalue weighted by atomic mass is 9.94. The lowest BCUT2D eigenvalue weighted by molar-refractivity contribution is 1.28. The quantitative estimate of drug-likeness (QED) is 0.0745. The van der Waals surface area contributed by atoms with Gasteiger partial charge in [0.1, 0.15) is 0 Å². The normalized spacial score (nSPS) is 10.9. The van der Waals surface area contributed by atoms with E-state index in [2.05, 4.69) is 459 Å². The zero-order valence-electron chi connectivity index (χ0n) is 55.6.